The van der Waals surface area contributed by atoms with E-state index in [0.29, 0.717) is 12.1 Å². The highest BCUT2D eigenvalue weighted by Gasteiger charge is 2.40. The lowest BCUT2D eigenvalue weighted by Gasteiger charge is -2.36. The molecule has 5 heteroatoms. The first-order valence-electron chi connectivity index (χ1n) is 7.62. The van der Waals surface area contributed by atoms with Gasteiger partial charge in [-0.1, -0.05) is 0 Å². The summed E-state index contributed by atoms with van der Waals surface area (Å²) in [5.74, 6) is -0.258. The van der Waals surface area contributed by atoms with Gasteiger partial charge in [-0.15, -0.1) is 0 Å². The molecule has 1 saturated heterocycles. The zero-order valence-corrected chi connectivity index (χ0v) is 12.7. The molecule has 5 nitrogen and oxygen atoms in total. The summed E-state index contributed by atoms with van der Waals surface area (Å²) in [5, 5.41) is 8.06. The number of hydrogen-bond donors (Lipinski definition) is 1. The maximum atomic E-state index is 5.78. The molecule has 0 aromatic carbocycles. The predicted molar refractivity (Wildman–Crippen MR) is 76.4 cm³/mol. The van der Waals surface area contributed by atoms with Crippen molar-refractivity contribution in [1.82, 2.24) is 15.1 Å². The lowest BCUT2D eigenvalue weighted by Crippen LogP contribution is -2.42. The Morgan fingerprint density at radius 1 is 1.35 bits per heavy atom. The van der Waals surface area contributed by atoms with Crippen LogP contribution in [-0.2, 0) is 16.5 Å². The molecular formula is C15H25N3O2. The second-order valence-electron chi connectivity index (χ2n) is 6.08. The quantitative estimate of drug-likeness (QED) is 0.920. The highest BCUT2D eigenvalue weighted by atomic mass is 16.7. The molecule has 1 N–H and O–H groups in total. The highest BCUT2D eigenvalue weighted by Crippen LogP contribution is 2.36. The standard InChI is InChI=1S/C15H25N3O2/c1-11(14-10-16-18(3)12(14)2)17-13-4-6-15(7-5-13)19-8-9-20-15/h10-11,13,17H,4-9H2,1-3H3. The molecule has 0 radical (unpaired) electrons. The summed E-state index contributed by atoms with van der Waals surface area (Å²) in [5.41, 5.74) is 2.53. The Hall–Kier alpha value is -0.910. The third-order valence-corrected chi connectivity index (χ3v) is 4.79. The molecule has 0 bridgehead atoms. The largest absolute Gasteiger partial charge is 0.348 e. The summed E-state index contributed by atoms with van der Waals surface area (Å²) in [6.07, 6.45) is 6.21. The van der Waals surface area contributed by atoms with Crippen LogP contribution in [0.25, 0.3) is 0 Å². The zero-order valence-electron chi connectivity index (χ0n) is 12.7. The van der Waals surface area contributed by atoms with Crippen LogP contribution in [0, 0.1) is 6.92 Å². The Balaban J connectivity index is 1.55. The first kappa shape index (κ1) is 14.0. The summed E-state index contributed by atoms with van der Waals surface area (Å²) in [6.45, 7) is 5.85. The van der Waals surface area contributed by atoms with E-state index in [0.717, 1.165) is 38.9 Å². The lowest BCUT2D eigenvalue weighted by molar-refractivity contribution is -0.179. The van der Waals surface area contributed by atoms with Crippen LogP contribution in [0.1, 0.15) is 49.9 Å². The van der Waals surface area contributed by atoms with Crippen molar-refractivity contribution in [3.8, 4) is 0 Å². The van der Waals surface area contributed by atoms with E-state index in [9.17, 15) is 0 Å². The van der Waals surface area contributed by atoms with Crippen molar-refractivity contribution in [3.05, 3.63) is 17.5 Å². The van der Waals surface area contributed by atoms with Crippen LogP contribution in [0.15, 0.2) is 6.20 Å². The number of aromatic nitrogens is 2. The van der Waals surface area contributed by atoms with Crippen LogP contribution in [0.2, 0.25) is 0 Å². The van der Waals surface area contributed by atoms with Crippen LogP contribution in [0.5, 0.6) is 0 Å². The fraction of sp³-hybridized carbons (Fsp3) is 0.800. The average Bonchev–Trinajstić information content (AvgIpc) is 3.02. The number of rotatable bonds is 3. The monoisotopic (exact) mass is 279 g/mol. The van der Waals surface area contributed by atoms with Gasteiger partial charge in [-0.25, -0.2) is 0 Å². The third-order valence-electron chi connectivity index (χ3n) is 4.79. The molecular weight excluding hydrogens is 254 g/mol. The third kappa shape index (κ3) is 2.62. The van der Waals surface area contributed by atoms with Gasteiger partial charge in [-0.2, -0.15) is 5.10 Å². The Bertz CT molecular complexity index is 456. The van der Waals surface area contributed by atoms with E-state index < -0.39 is 0 Å². The van der Waals surface area contributed by atoms with Gasteiger partial charge in [0.25, 0.3) is 0 Å². The van der Waals surface area contributed by atoms with Crippen molar-refractivity contribution < 1.29 is 9.47 Å². The Morgan fingerprint density at radius 3 is 2.55 bits per heavy atom. The van der Waals surface area contributed by atoms with Gasteiger partial charge in [0.15, 0.2) is 5.79 Å². The molecule has 112 valence electrons. The van der Waals surface area contributed by atoms with Crippen molar-refractivity contribution >= 4 is 0 Å². The van der Waals surface area contributed by atoms with Gasteiger partial charge in [0.2, 0.25) is 0 Å². The molecule has 1 aliphatic carbocycles. The maximum absolute atomic E-state index is 5.78. The highest BCUT2D eigenvalue weighted by molar-refractivity contribution is 5.19. The van der Waals surface area contributed by atoms with Gasteiger partial charge in [0, 0.05) is 43.2 Å². The van der Waals surface area contributed by atoms with Crippen molar-refractivity contribution in [1.29, 1.82) is 0 Å². The topological polar surface area (TPSA) is 48.3 Å². The van der Waals surface area contributed by atoms with E-state index in [1.807, 2.05) is 17.9 Å². The van der Waals surface area contributed by atoms with E-state index in [-0.39, 0.29) is 5.79 Å². The minimum atomic E-state index is -0.258. The smallest absolute Gasteiger partial charge is 0.168 e. The van der Waals surface area contributed by atoms with Gasteiger partial charge >= 0.3 is 0 Å². The predicted octanol–water partition coefficient (Wildman–Crippen LogP) is 2.06. The number of nitrogens with one attached hydrogen (secondary N) is 1. The molecule has 1 aromatic heterocycles. The summed E-state index contributed by atoms with van der Waals surface area (Å²) >= 11 is 0. The fourth-order valence-corrected chi connectivity index (χ4v) is 3.39. The number of aryl methyl sites for hydroxylation is 1. The zero-order chi connectivity index (χ0) is 14.2. The van der Waals surface area contributed by atoms with Gasteiger partial charge < -0.3 is 14.8 Å². The Kier molecular flexibility index (Phi) is 3.84. The molecule has 2 fully saturated rings. The second-order valence-corrected chi connectivity index (χ2v) is 6.08. The summed E-state index contributed by atoms with van der Waals surface area (Å²) in [4.78, 5) is 0. The van der Waals surface area contributed by atoms with E-state index in [1.54, 1.807) is 0 Å². The lowest BCUT2D eigenvalue weighted by atomic mass is 9.89. The fourth-order valence-electron chi connectivity index (χ4n) is 3.39. The molecule has 1 atom stereocenters. The van der Waals surface area contributed by atoms with Gasteiger partial charge in [-0.05, 0) is 26.7 Å². The molecule has 0 amide bonds. The molecule has 1 aromatic rings. The first-order chi connectivity index (χ1) is 9.60. The van der Waals surface area contributed by atoms with Crippen molar-refractivity contribution in [2.75, 3.05) is 13.2 Å². The normalized spacial score (nSPS) is 24.4. The summed E-state index contributed by atoms with van der Waals surface area (Å²) < 4.78 is 13.5. The molecule has 1 aliphatic heterocycles. The van der Waals surface area contributed by atoms with Gasteiger partial charge in [-0.3, -0.25) is 4.68 Å². The van der Waals surface area contributed by atoms with Crippen LogP contribution in [-0.4, -0.2) is 34.8 Å². The minimum absolute atomic E-state index is 0.258. The Morgan fingerprint density at radius 2 is 2.00 bits per heavy atom. The summed E-state index contributed by atoms with van der Waals surface area (Å²) in [7, 11) is 1.99. The van der Waals surface area contributed by atoms with Crippen molar-refractivity contribution in [2.24, 2.45) is 7.05 Å². The number of ether oxygens (including phenoxy) is 2. The molecule has 3 rings (SSSR count). The molecule has 1 unspecified atom stereocenters. The maximum Gasteiger partial charge on any atom is 0.168 e. The first-order valence-corrected chi connectivity index (χ1v) is 7.62. The van der Waals surface area contributed by atoms with Crippen LogP contribution in [0.4, 0.5) is 0 Å². The van der Waals surface area contributed by atoms with E-state index in [1.165, 1.54) is 11.3 Å². The minimum Gasteiger partial charge on any atom is -0.348 e. The molecule has 2 heterocycles. The molecule has 1 spiro atoms. The van der Waals surface area contributed by atoms with E-state index in [2.05, 4.69) is 24.3 Å². The van der Waals surface area contributed by atoms with E-state index >= 15 is 0 Å². The summed E-state index contributed by atoms with van der Waals surface area (Å²) in [6, 6.07) is 0.885. The van der Waals surface area contributed by atoms with Crippen molar-refractivity contribution in [3.63, 3.8) is 0 Å². The number of hydrogen-bond acceptors (Lipinski definition) is 4. The van der Waals surface area contributed by atoms with Crippen LogP contribution in [0.3, 0.4) is 0 Å². The van der Waals surface area contributed by atoms with E-state index in [4.69, 9.17) is 9.47 Å². The molecule has 1 saturated carbocycles. The molecule has 20 heavy (non-hydrogen) atoms. The van der Waals surface area contributed by atoms with Crippen molar-refractivity contribution in [2.45, 2.75) is 57.4 Å². The van der Waals surface area contributed by atoms with Crippen LogP contribution >= 0.6 is 0 Å². The van der Waals surface area contributed by atoms with Crippen LogP contribution < -0.4 is 5.32 Å². The average molecular weight is 279 g/mol. The Labute approximate surface area is 120 Å². The number of nitrogens with zero attached hydrogens (tertiary/aromatic N) is 2. The SMILES string of the molecule is Cc1c(C(C)NC2CCC3(CC2)OCCO3)cnn1C. The molecule has 2 aliphatic rings. The van der Waals surface area contributed by atoms with Gasteiger partial charge in [0.05, 0.1) is 19.4 Å². The second kappa shape index (κ2) is 5.47. The van der Waals surface area contributed by atoms with Gasteiger partial charge in [0.1, 0.15) is 0 Å².